The van der Waals surface area contributed by atoms with E-state index in [0.717, 1.165) is 0 Å². The lowest BCUT2D eigenvalue weighted by molar-refractivity contribution is -0.142. The molecule has 156 valence electrons. The van der Waals surface area contributed by atoms with Crippen LogP contribution in [0.5, 0.6) is 0 Å². The van der Waals surface area contributed by atoms with Crippen LogP contribution in [0.3, 0.4) is 0 Å². The van der Waals surface area contributed by atoms with Crippen LogP contribution in [0.15, 0.2) is 12.5 Å². The Hall–Kier alpha value is -1.88. The zero-order chi connectivity index (χ0) is 18.8. The van der Waals surface area contributed by atoms with Crippen molar-refractivity contribution in [2.75, 3.05) is 6.54 Å². The molecule has 10 nitrogen and oxygen atoms in total. The summed E-state index contributed by atoms with van der Waals surface area (Å²) in [5.41, 5.74) is 11.5. The molecule has 0 saturated heterocycles. The van der Waals surface area contributed by atoms with Crippen LogP contribution in [-0.4, -0.2) is 57.5 Å². The number of nitrogens with one attached hydrogen (secondary N) is 3. The fourth-order valence-electron chi connectivity index (χ4n) is 2.15. The molecule has 1 aromatic rings. The molecule has 27 heavy (non-hydrogen) atoms. The molecule has 0 fully saturated rings. The zero-order valence-corrected chi connectivity index (χ0v) is 16.6. The van der Waals surface area contributed by atoms with Crippen molar-refractivity contribution in [1.29, 1.82) is 0 Å². The van der Waals surface area contributed by atoms with Crippen LogP contribution in [-0.2, 0) is 20.8 Å². The van der Waals surface area contributed by atoms with E-state index in [1.807, 2.05) is 0 Å². The molecule has 1 rings (SSSR count). The number of carboxylic acids is 1. The van der Waals surface area contributed by atoms with E-state index < -0.39 is 35.9 Å². The number of unbranched alkanes of at least 4 members (excludes halogenated alkanes) is 1. The molecule has 0 bridgehead atoms. The molecule has 3 atom stereocenters. The standard InChI is InChI=1S/C15H26N6O4.2ClH/c1-9(17)13(22)21-12(6-10-7-18-8-19-10)14(23)20-11(15(24)25)4-2-3-5-16;;/h7-9,11-12H,2-6,16-17H2,1H3,(H,18,19)(H,20,23)(H,21,22)(H,24,25);2*1H/t9-,11-,12-;;/m0../s1. The predicted molar refractivity (Wildman–Crippen MR) is 105 cm³/mol. The molecule has 0 aliphatic rings. The topological polar surface area (TPSA) is 176 Å². The van der Waals surface area contributed by atoms with Gasteiger partial charge in [0.15, 0.2) is 0 Å². The first-order valence-electron chi connectivity index (χ1n) is 8.11. The molecule has 0 aliphatic heterocycles. The average molecular weight is 427 g/mol. The summed E-state index contributed by atoms with van der Waals surface area (Å²) in [6.07, 6.45) is 4.61. The van der Waals surface area contributed by atoms with E-state index >= 15 is 0 Å². The van der Waals surface area contributed by atoms with E-state index in [9.17, 15) is 19.5 Å². The number of imidazole rings is 1. The van der Waals surface area contributed by atoms with Gasteiger partial charge in [-0.15, -0.1) is 24.8 Å². The number of aromatic amines is 1. The van der Waals surface area contributed by atoms with Gasteiger partial charge in [0, 0.05) is 18.3 Å². The molecule has 0 aromatic carbocycles. The molecular weight excluding hydrogens is 399 g/mol. The quantitative estimate of drug-likeness (QED) is 0.254. The fraction of sp³-hybridized carbons (Fsp3) is 0.600. The molecule has 0 unspecified atom stereocenters. The number of hydrogen-bond donors (Lipinski definition) is 6. The highest BCUT2D eigenvalue weighted by atomic mass is 35.5. The largest absolute Gasteiger partial charge is 0.480 e. The minimum absolute atomic E-state index is 0. The van der Waals surface area contributed by atoms with Gasteiger partial charge in [-0.05, 0) is 32.7 Å². The van der Waals surface area contributed by atoms with Gasteiger partial charge in [-0.3, -0.25) is 9.59 Å². The molecule has 12 heteroatoms. The normalized spacial score (nSPS) is 13.3. The number of carbonyl (C=O) groups is 3. The first-order valence-corrected chi connectivity index (χ1v) is 8.11. The predicted octanol–water partition coefficient (Wildman–Crippen LogP) is -0.674. The SMILES string of the molecule is C[C@H](N)C(=O)N[C@@H](Cc1cnc[nH]1)C(=O)N[C@@H](CCCCN)C(=O)O.Cl.Cl. The van der Waals surface area contributed by atoms with Gasteiger partial charge >= 0.3 is 5.97 Å². The van der Waals surface area contributed by atoms with E-state index in [0.29, 0.717) is 25.1 Å². The molecule has 8 N–H and O–H groups in total. The van der Waals surface area contributed by atoms with E-state index in [1.54, 1.807) is 0 Å². The second-order valence-corrected chi connectivity index (χ2v) is 5.81. The molecule has 1 heterocycles. The molecule has 0 radical (unpaired) electrons. The number of carbonyl (C=O) groups excluding carboxylic acids is 2. The molecule has 0 spiro atoms. The Labute approximate surface area is 170 Å². The number of aromatic nitrogens is 2. The van der Waals surface area contributed by atoms with Crippen molar-refractivity contribution in [2.45, 2.75) is 50.7 Å². The molecular formula is C15H28Cl2N6O4. The maximum Gasteiger partial charge on any atom is 0.326 e. The van der Waals surface area contributed by atoms with Crippen LogP contribution in [0, 0.1) is 0 Å². The summed E-state index contributed by atoms with van der Waals surface area (Å²) in [6.45, 7) is 1.94. The smallest absolute Gasteiger partial charge is 0.326 e. The van der Waals surface area contributed by atoms with Crippen LogP contribution in [0.25, 0.3) is 0 Å². The number of halogens is 2. The van der Waals surface area contributed by atoms with Gasteiger partial charge in [0.2, 0.25) is 11.8 Å². The summed E-state index contributed by atoms with van der Waals surface area (Å²) in [4.78, 5) is 42.4. The third-order valence-corrected chi connectivity index (χ3v) is 3.59. The number of amides is 2. The van der Waals surface area contributed by atoms with Crippen molar-refractivity contribution >= 4 is 42.6 Å². The first-order chi connectivity index (χ1) is 11.8. The minimum atomic E-state index is -1.14. The lowest BCUT2D eigenvalue weighted by Gasteiger charge is -2.22. The van der Waals surface area contributed by atoms with Crippen molar-refractivity contribution in [3.8, 4) is 0 Å². The molecule has 0 saturated carbocycles. The van der Waals surface area contributed by atoms with Crippen molar-refractivity contribution in [1.82, 2.24) is 20.6 Å². The van der Waals surface area contributed by atoms with Gasteiger partial charge in [-0.1, -0.05) is 0 Å². The van der Waals surface area contributed by atoms with E-state index in [2.05, 4.69) is 20.6 Å². The van der Waals surface area contributed by atoms with Gasteiger partial charge in [-0.2, -0.15) is 0 Å². The average Bonchev–Trinajstić information content (AvgIpc) is 3.06. The number of carboxylic acid groups (broad SMARTS) is 1. The Bertz CT molecular complexity index is 571. The number of rotatable bonds is 11. The molecule has 0 aliphatic carbocycles. The highest BCUT2D eigenvalue weighted by Crippen LogP contribution is 2.04. The number of aliphatic carboxylic acids is 1. The van der Waals surface area contributed by atoms with Gasteiger partial charge in [0.25, 0.3) is 0 Å². The van der Waals surface area contributed by atoms with Crippen molar-refractivity contribution < 1.29 is 19.5 Å². The summed E-state index contributed by atoms with van der Waals surface area (Å²) < 4.78 is 0. The maximum absolute atomic E-state index is 12.5. The Balaban J connectivity index is 0. The highest BCUT2D eigenvalue weighted by molar-refractivity contribution is 5.91. The zero-order valence-electron chi connectivity index (χ0n) is 15.0. The highest BCUT2D eigenvalue weighted by Gasteiger charge is 2.27. The maximum atomic E-state index is 12.5. The van der Waals surface area contributed by atoms with Crippen LogP contribution in [0.2, 0.25) is 0 Å². The fourth-order valence-corrected chi connectivity index (χ4v) is 2.15. The summed E-state index contributed by atoms with van der Waals surface area (Å²) in [7, 11) is 0. The van der Waals surface area contributed by atoms with E-state index in [-0.39, 0.29) is 37.7 Å². The Morgan fingerprint density at radius 3 is 2.30 bits per heavy atom. The Kier molecular flexibility index (Phi) is 14.4. The Morgan fingerprint density at radius 1 is 1.19 bits per heavy atom. The number of nitrogens with zero attached hydrogens (tertiary/aromatic N) is 1. The Morgan fingerprint density at radius 2 is 1.81 bits per heavy atom. The van der Waals surface area contributed by atoms with E-state index in [4.69, 9.17) is 11.5 Å². The minimum Gasteiger partial charge on any atom is -0.480 e. The van der Waals surface area contributed by atoms with Crippen molar-refractivity contribution in [3.63, 3.8) is 0 Å². The van der Waals surface area contributed by atoms with Crippen LogP contribution < -0.4 is 22.1 Å². The number of nitrogens with two attached hydrogens (primary N) is 2. The molecule has 2 amide bonds. The van der Waals surface area contributed by atoms with Crippen LogP contribution >= 0.6 is 24.8 Å². The van der Waals surface area contributed by atoms with Crippen LogP contribution in [0.4, 0.5) is 0 Å². The summed E-state index contributed by atoms with van der Waals surface area (Å²) in [5.74, 6) is -2.23. The van der Waals surface area contributed by atoms with Crippen molar-refractivity contribution in [3.05, 3.63) is 18.2 Å². The third-order valence-electron chi connectivity index (χ3n) is 3.59. The second-order valence-electron chi connectivity index (χ2n) is 5.81. The van der Waals surface area contributed by atoms with Gasteiger partial charge in [0.1, 0.15) is 12.1 Å². The van der Waals surface area contributed by atoms with Gasteiger partial charge in [-0.25, -0.2) is 9.78 Å². The number of H-pyrrole nitrogens is 1. The first kappa shape index (κ1) is 27.3. The van der Waals surface area contributed by atoms with Crippen LogP contribution in [0.1, 0.15) is 31.9 Å². The van der Waals surface area contributed by atoms with Crippen molar-refractivity contribution in [2.24, 2.45) is 11.5 Å². The summed E-state index contributed by atoms with van der Waals surface area (Å²) >= 11 is 0. The van der Waals surface area contributed by atoms with E-state index in [1.165, 1.54) is 19.4 Å². The van der Waals surface area contributed by atoms with Gasteiger partial charge in [0.05, 0.1) is 12.4 Å². The number of hydrogen-bond acceptors (Lipinski definition) is 6. The summed E-state index contributed by atoms with van der Waals surface area (Å²) in [6, 6.07) is -2.80. The van der Waals surface area contributed by atoms with Gasteiger partial charge < -0.3 is 32.2 Å². The lowest BCUT2D eigenvalue weighted by Crippen LogP contribution is -2.54. The molecule has 1 aromatic heterocycles. The second kappa shape index (κ2) is 14.2. The third kappa shape index (κ3) is 10.1. The lowest BCUT2D eigenvalue weighted by atomic mass is 10.1. The monoisotopic (exact) mass is 426 g/mol. The summed E-state index contributed by atoms with van der Waals surface area (Å²) in [5, 5.41) is 14.3.